The van der Waals surface area contributed by atoms with Crippen molar-refractivity contribution in [2.24, 2.45) is 0 Å². The highest BCUT2D eigenvalue weighted by atomic mass is 32.2. The van der Waals surface area contributed by atoms with Gasteiger partial charge < -0.3 is 31.3 Å². The van der Waals surface area contributed by atoms with Gasteiger partial charge in [-0.05, 0) is 13.3 Å². The third-order valence-electron chi connectivity index (χ3n) is 2.78. The van der Waals surface area contributed by atoms with E-state index in [-0.39, 0.29) is 12.2 Å². The van der Waals surface area contributed by atoms with Gasteiger partial charge in [0.2, 0.25) is 11.8 Å². The van der Waals surface area contributed by atoms with Gasteiger partial charge in [-0.15, -0.1) is 0 Å². The molecule has 0 aromatic heterocycles. The van der Waals surface area contributed by atoms with E-state index < -0.39 is 48.5 Å². The van der Waals surface area contributed by atoms with Crippen molar-refractivity contribution in [1.29, 1.82) is 0 Å². The van der Waals surface area contributed by atoms with Crippen LogP contribution >= 0.6 is 11.8 Å². The number of hydrogen-bond acceptors (Lipinski definition) is 7. The maximum atomic E-state index is 12.0. The molecule has 2 unspecified atom stereocenters. The van der Waals surface area contributed by atoms with E-state index >= 15 is 0 Å². The molecule has 0 aromatic carbocycles. The van der Waals surface area contributed by atoms with Crippen LogP contribution in [-0.4, -0.2) is 82.9 Å². The largest absolute Gasteiger partial charge is 0.480 e. The molecule has 2 amide bonds. The minimum Gasteiger partial charge on any atom is -0.480 e. The predicted molar refractivity (Wildman–Crippen MR) is 82.1 cm³/mol. The zero-order chi connectivity index (χ0) is 18.0. The van der Waals surface area contributed by atoms with Gasteiger partial charge >= 0.3 is 11.9 Å². The van der Waals surface area contributed by atoms with E-state index in [9.17, 15) is 19.2 Å². The summed E-state index contributed by atoms with van der Waals surface area (Å²) < 4.78 is 0. The number of carbonyl (C=O) groups is 4. The van der Waals surface area contributed by atoms with Gasteiger partial charge in [0.25, 0.3) is 0 Å². The normalized spacial score (nSPS) is 14.4. The quantitative estimate of drug-likeness (QED) is 0.235. The Balaban J connectivity index is 4.51. The topological polar surface area (TPSA) is 165 Å². The fourth-order valence-corrected chi connectivity index (χ4v) is 2.05. The first-order chi connectivity index (χ1) is 10.7. The van der Waals surface area contributed by atoms with Gasteiger partial charge in [-0.3, -0.25) is 9.59 Å². The van der Waals surface area contributed by atoms with Crippen LogP contribution in [0.1, 0.15) is 6.42 Å². The summed E-state index contributed by atoms with van der Waals surface area (Å²) in [6, 6.07) is -2.06. The van der Waals surface area contributed by atoms with Crippen LogP contribution < -0.4 is 16.0 Å². The van der Waals surface area contributed by atoms with Crippen LogP contribution in [0.2, 0.25) is 0 Å². The average molecular weight is 351 g/mol. The second-order valence-corrected chi connectivity index (χ2v) is 5.47. The third kappa shape index (κ3) is 8.38. The lowest BCUT2D eigenvalue weighted by atomic mass is 10.1. The molecule has 0 fully saturated rings. The molecule has 0 saturated heterocycles. The lowest BCUT2D eigenvalue weighted by Crippen LogP contribution is -2.52. The SMILES string of the molecule is CNC(CC(=O)NCC(O)C(=O)O)C(=O)N[C@@H](CSC)C(=O)O. The number of carboxylic acids is 2. The molecule has 0 aliphatic carbocycles. The second kappa shape index (κ2) is 10.8. The number of aliphatic carboxylic acids is 2. The van der Waals surface area contributed by atoms with E-state index in [1.807, 2.05) is 0 Å². The van der Waals surface area contributed by atoms with Gasteiger partial charge in [0.1, 0.15) is 6.04 Å². The zero-order valence-electron chi connectivity index (χ0n) is 12.7. The van der Waals surface area contributed by atoms with E-state index in [4.69, 9.17) is 15.3 Å². The Morgan fingerprint density at radius 3 is 2.13 bits per heavy atom. The number of carboxylic acid groups (broad SMARTS) is 2. The van der Waals surface area contributed by atoms with Crippen LogP contribution in [0.25, 0.3) is 0 Å². The van der Waals surface area contributed by atoms with Gasteiger partial charge in [0.15, 0.2) is 6.10 Å². The number of hydrogen-bond donors (Lipinski definition) is 6. The molecule has 0 aliphatic rings. The van der Waals surface area contributed by atoms with Crippen LogP contribution in [0, 0.1) is 0 Å². The summed E-state index contributed by atoms with van der Waals surface area (Å²) in [5, 5.41) is 33.6. The van der Waals surface area contributed by atoms with Crippen molar-refractivity contribution in [2.45, 2.75) is 24.6 Å². The van der Waals surface area contributed by atoms with Gasteiger partial charge in [-0.1, -0.05) is 0 Å². The first-order valence-corrected chi connectivity index (χ1v) is 7.99. The summed E-state index contributed by atoms with van der Waals surface area (Å²) >= 11 is 1.25. The van der Waals surface area contributed by atoms with Gasteiger partial charge in [-0.2, -0.15) is 11.8 Å². The number of thioether (sulfide) groups is 1. The Labute approximate surface area is 137 Å². The minimum atomic E-state index is -1.74. The fourth-order valence-electron chi connectivity index (χ4n) is 1.49. The number of carbonyl (C=O) groups excluding carboxylic acids is 2. The molecule has 132 valence electrons. The molecule has 11 heteroatoms. The zero-order valence-corrected chi connectivity index (χ0v) is 13.6. The van der Waals surface area contributed by atoms with E-state index in [0.717, 1.165) is 0 Å². The third-order valence-corrected chi connectivity index (χ3v) is 3.45. The first-order valence-electron chi connectivity index (χ1n) is 6.59. The van der Waals surface area contributed by atoms with Crippen molar-refractivity contribution in [2.75, 3.05) is 25.6 Å². The Bertz CT molecular complexity index is 446. The molecule has 3 atom stereocenters. The summed E-state index contributed by atoms with van der Waals surface area (Å²) in [6.07, 6.45) is -0.377. The fraction of sp³-hybridized carbons (Fsp3) is 0.667. The van der Waals surface area contributed by atoms with Crippen molar-refractivity contribution in [3.8, 4) is 0 Å². The number of aliphatic hydroxyl groups excluding tert-OH is 1. The van der Waals surface area contributed by atoms with E-state index in [2.05, 4.69) is 16.0 Å². The maximum Gasteiger partial charge on any atom is 0.334 e. The predicted octanol–water partition coefficient (Wildman–Crippen LogP) is -2.54. The first kappa shape index (κ1) is 21.1. The van der Waals surface area contributed by atoms with Crippen LogP contribution in [0.3, 0.4) is 0 Å². The van der Waals surface area contributed by atoms with Crippen LogP contribution in [0.5, 0.6) is 0 Å². The molecule has 0 radical (unpaired) electrons. The Kier molecular flexibility index (Phi) is 9.94. The smallest absolute Gasteiger partial charge is 0.334 e. The number of amides is 2. The summed E-state index contributed by atoms with van der Waals surface area (Å²) in [5.41, 5.74) is 0. The Morgan fingerprint density at radius 1 is 1.09 bits per heavy atom. The molecule has 23 heavy (non-hydrogen) atoms. The van der Waals surface area contributed by atoms with Crippen molar-refractivity contribution in [1.82, 2.24) is 16.0 Å². The van der Waals surface area contributed by atoms with Crippen molar-refractivity contribution in [3.05, 3.63) is 0 Å². The Morgan fingerprint density at radius 2 is 1.70 bits per heavy atom. The molecule has 0 aromatic rings. The Hall–Kier alpha value is -1.85. The molecular weight excluding hydrogens is 330 g/mol. The number of nitrogens with one attached hydrogen (secondary N) is 3. The average Bonchev–Trinajstić information content (AvgIpc) is 2.49. The van der Waals surface area contributed by atoms with Crippen LogP contribution in [-0.2, 0) is 19.2 Å². The molecule has 0 rings (SSSR count). The van der Waals surface area contributed by atoms with Crippen molar-refractivity contribution in [3.63, 3.8) is 0 Å². The maximum absolute atomic E-state index is 12.0. The van der Waals surface area contributed by atoms with E-state index in [1.165, 1.54) is 18.8 Å². The van der Waals surface area contributed by atoms with Gasteiger partial charge in [0.05, 0.1) is 19.0 Å². The standard InChI is InChI=1S/C12H21N3O7S/c1-13-6(3-9(17)14-4-8(16)12(21)22)10(18)15-7(5-23-2)11(19)20/h6-8,13,16H,3-5H2,1-2H3,(H,14,17)(H,15,18)(H,19,20)(H,21,22)/t6?,7-,8?/m0/s1. The van der Waals surface area contributed by atoms with Crippen molar-refractivity contribution < 1.29 is 34.5 Å². The summed E-state index contributed by atoms with van der Waals surface area (Å²) in [4.78, 5) is 45.0. The molecule has 0 saturated carbocycles. The molecule has 0 spiro atoms. The molecule has 6 N–H and O–H groups in total. The summed E-state index contributed by atoms with van der Waals surface area (Å²) in [5.74, 6) is -3.81. The lowest BCUT2D eigenvalue weighted by Gasteiger charge is -2.19. The highest BCUT2D eigenvalue weighted by Crippen LogP contribution is 2.00. The number of likely N-dealkylation sites (N-methyl/N-ethyl adjacent to an activating group) is 1. The van der Waals surface area contributed by atoms with E-state index in [0.29, 0.717) is 0 Å². The molecule has 0 bridgehead atoms. The second-order valence-electron chi connectivity index (χ2n) is 4.56. The van der Waals surface area contributed by atoms with Gasteiger partial charge in [-0.25, -0.2) is 9.59 Å². The minimum absolute atomic E-state index is 0.175. The summed E-state index contributed by atoms with van der Waals surface area (Å²) in [7, 11) is 1.42. The highest BCUT2D eigenvalue weighted by molar-refractivity contribution is 7.98. The number of aliphatic hydroxyl groups is 1. The van der Waals surface area contributed by atoms with Crippen LogP contribution in [0.15, 0.2) is 0 Å². The molecule has 0 heterocycles. The monoisotopic (exact) mass is 351 g/mol. The molecule has 0 aliphatic heterocycles. The molecule has 10 nitrogen and oxygen atoms in total. The lowest BCUT2D eigenvalue weighted by molar-refractivity contribution is -0.146. The van der Waals surface area contributed by atoms with Gasteiger partial charge in [0, 0.05) is 5.75 Å². The highest BCUT2D eigenvalue weighted by Gasteiger charge is 2.26. The number of rotatable bonds is 11. The van der Waals surface area contributed by atoms with E-state index in [1.54, 1.807) is 6.26 Å². The van der Waals surface area contributed by atoms with Crippen molar-refractivity contribution >= 4 is 35.5 Å². The summed E-state index contributed by atoms with van der Waals surface area (Å²) in [6.45, 7) is -0.490. The van der Waals surface area contributed by atoms with Crippen LogP contribution in [0.4, 0.5) is 0 Å². The molecular formula is C12H21N3O7S.